The first-order valence-corrected chi connectivity index (χ1v) is 10.4. The highest BCUT2D eigenvalue weighted by Gasteiger charge is 2.41. The van der Waals surface area contributed by atoms with Gasteiger partial charge in [0.25, 0.3) is 5.91 Å². The molecule has 2 aliphatic heterocycles. The van der Waals surface area contributed by atoms with Gasteiger partial charge in [-0.05, 0) is 25.1 Å². The van der Waals surface area contributed by atoms with Crippen LogP contribution >= 0.6 is 0 Å². The fourth-order valence-corrected chi connectivity index (χ4v) is 4.26. The summed E-state index contributed by atoms with van der Waals surface area (Å²) in [4.78, 5) is 15.4. The zero-order chi connectivity index (χ0) is 20.6. The minimum Gasteiger partial charge on any atom is -0.347 e. The number of amides is 1. The molecular formula is C24H25N3O3. The summed E-state index contributed by atoms with van der Waals surface area (Å²) in [6.07, 6.45) is 3.25. The lowest BCUT2D eigenvalue weighted by Gasteiger charge is -2.37. The number of carbonyl (C=O) groups excluding carboxylic acids is 1. The number of carbonyl (C=O) groups is 1. The van der Waals surface area contributed by atoms with Crippen LogP contribution in [0.5, 0.6) is 0 Å². The number of aryl methyl sites for hydroxylation is 1. The van der Waals surface area contributed by atoms with E-state index in [1.54, 1.807) is 4.68 Å². The van der Waals surface area contributed by atoms with Crippen molar-refractivity contribution in [2.24, 2.45) is 0 Å². The number of hydrogen-bond donors (Lipinski definition) is 0. The summed E-state index contributed by atoms with van der Waals surface area (Å²) >= 11 is 0. The van der Waals surface area contributed by atoms with E-state index < -0.39 is 5.79 Å². The molecular weight excluding hydrogens is 378 g/mol. The normalized spacial score (nSPS) is 18.1. The summed E-state index contributed by atoms with van der Waals surface area (Å²) in [5, 5.41) is 4.80. The van der Waals surface area contributed by atoms with Crippen LogP contribution in [0.4, 0.5) is 0 Å². The average Bonchev–Trinajstić information content (AvgIpc) is 3.42. The molecule has 0 atom stereocenters. The second-order valence-electron chi connectivity index (χ2n) is 7.94. The monoisotopic (exact) mass is 403 g/mol. The van der Waals surface area contributed by atoms with Crippen molar-refractivity contribution in [3.05, 3.63) is 71.9 Å². The molecule has 3 heterocycles. The molecule has 6 nitrogen and oxygen atoms in total. The Balaban J connectivity index is 1.48. The number of nitrogens with zero attached hydrogens (tertiary/aromatic N) is 3. The maximum absolute atomic E-state index is 13.5. The Labute approximate surface area is 176 Å². The summed E-state index contributed by atoms with van der Waals surface area (Å²) in [7, 11) is 0. The number of aromatic nitrogens is 2. The van der Waals surface area contributed by atoms with E-state index in [2.05, 4.69) is 6.07 Å². The Morgan fingerprint density at radius 1 is 1.00 bits per heavy atom. The highest BCUT2D eigenvalue weighted by molar-refractivity contribution is 6.00. The zero-order valence-electron chi connectivity index (χ0n) is 17.1. The molecule has 6 heteroatoms. The highest BCUT2D eigenvalue weighted by Crippen LogP contribution is 2.33. The highest BCUT2D eigenvalue weighted by atomic mass is 16.7. The van der Waals surface area contributed by atoms with Crippen molar-refractivity contribution in [1.29, 1.82) is 0 Å². The van der Waals surface area contributed by atoms with E-state index in [0.717, 1.165) is 16.8 Å². The fourth-order valence-electron chi connectivity index (χ4n) is 4.26. The van der Waals surface area contributed by atoms with Crippen LogP contribution in [0, 0.1) is 6.92 Å². The van der Waals surface area contributed by atoms with Gasteiger partial charge in [-0.25, -0.2) is 4.68 Å². The lowest BCUT2D eigenvalue weighted by atomic mass is 10.0. The van der Waals surface area contributed by atoms with Gasteiger partial charge >= 0.3 is 0 Å². The largest absolute Gasteiger partial charge is 0.347 e. The van der Waals surface area contributed by atoms with Crippen LogP contribution in [-0.4, -0.2) is 52.7 Å². The van der Waals surface area contributed by atoms with Crippen molar-refractivity contribution in [2.45, 2.75) is 25.6 Å². The molecule has 3 aromatic rings. The lowest BCUT2D eigenvalue weighted by molar-refractivity contribution is -0.181. The third-order valence-corrected chi connectivity index (χ3v) is 5.88. The van der Waals surface area contributed by atoms with E-state index in [-0.39, 0.29) is 5.91 Å². The van der Waals surface area contributed by atoms with Gasteiger partial charge in [0, 0.05) is 37.7 Å². The Bertz CT molecular complexity index is 1040. The molecule has 2 aliphatic rings. The van der Waals surface area contributed by atoms with Gasteiger partial charge < -0.3 is 14.4 Å². The topological polar surface area (TPSA) is 56.6 Å². The SMILES string of the molecule is Cc1cccc(-c2nn(-c3ccccc3)cc2C(=O)N2CCC3(CC2)OCCO3)c1. The van der Waals surface area contributed by atoms with Crippen molar-refractivity contribution in [1.82, 2.24) is 14.7 Å². The maximum atomic E-state index is 13.5. The lowest BCUT2D eigenvalue weighted by Crippen LogP contribution is -2.47. The van der Waals surface area contributed by atoms with Gasteiger partial charge in [-0.2, -0.15) is 5.10 Å². The minimum atomic E-state index is -0.496. The molecule has 2 fully saturated rings. The molecule has 2 aromatic carbocycles. The van der Waals surface area contributed by atoms with E-state index in [1.165, 1.54) is 0 Å². The minimum absolute atomic E-state index is 0.00142. The Morgan fingerprint density at radius 3 is 2.43 bits per heavy atom. The van der Waals surface area contributed by atoms with Gasteiger partial charge in [0.1, 0.15) is 5.69 Å². The molecule has 2 saturated heterocycles. The van der Waals surface area contributed by atoms with Gasteiger partial charge in [0.05, 0.1) is 24.5 Å². The summed E-state index contributed by atoms with van der Waals surface area (Å²) in [6, 6.07) is 18.0. The predicted octanol–water partition coefficient (Wildman–Crippen LogP) is 3.83. The van der Waals surface area contributed by atoms with Crippen LogP contribution < -0.4 is 0 Å². The molecule has 0 N–H and O–H groups in total. The zero-order valence-corrected chi connectivity index (χ0v) is 17.1. The molecule has 1 spiro atoms. The van der Waals surface area contributed by atoms with Crippen LogP contribution in [0.2, 0.25) is 0 Å². The maximum Gasteiger partial charge on any atom is 0.257 e. The fraction of sp³-hybridized carbons (Fsp3) is 0.333. The number of piperidine rings is 1. The molecule has 0 aliphatic carbocycles. The van der Waals surface area contributed by atoms with Gasteiger partial charge in [0.15, 0.2) is 5.79 Å². The molecule has 30 heavy (non-hydrogen) atoms. The second kappa shape index (κ2) is 7.70. The van der Waals surface area contributed by atoms with Crippen LogP contribution in [0.15, 0.2) is 60.8 Å². The molecule has 0 saturated carbocycles. The second-order valence-corrected chi connectivity index (χ2v) is 7.94. The summed E-state index contributed by atoms with van der Waals surface area (Å²) in [6.45, 7) is 4.54. The smallest absolute Gasteiger partial charge is 0.257 e. The molecule has 0 unspecified atom stereocenters. The van der Waals surface area contributed by atoms with Gasteiger partial charge in [-0.1, -0.05) is 42.0 Å². The van der Waals surface area contributed by atoms with E-state index in [4.69, 9.17) is 14.6 Å². The number of hydrogen-bond acceptors (Lipinski definition) is 4. The Morgan fingerprint density at radius 2 is 1.73 bits per heavy atom. The van der Waals surface area contributed by atoms with Gasteiger partial charge in [0.2, 0.25) is 0 Å². The van der Waals surface area contributed by atoms with Crippen molar-refractivity contribution in [2.75, 3.05) is 26.3 Å². The average molecular weight is 403 g/mol. The molecule has 154 valence electrons. The number of ether oxygens (including phenoxy) is 2. The molecule has 5 rings (SSSR count). The third kappa shape index (κ3) is 3.53. The Hall–Kier alpha value is -2.96. The first-order valence-electron chi connectivity index (χ1n) is 10.4. The van der Waals surface area contributed by atoms with Gasteiger partial charge in [-0.3, -0.25) is 4.79 Å². The van der Waals surface area contributed by atoms with E-state index in [1.807, 2.05) is 66.6 Å². The van der Waals surface area contributed by atoms with Crippen molar-refractivity contribution in [3.63, 3.8) is 0 Å². The van der Waals surface area contributed by atoms with E-state index in [9.17, 15) is 4.79 Å². The van der Waals surface area contributed by atoms with Gasteiger partial charge in [-0.15, -0.1) is 0 Å². The summed E-state index contributed by atoms with van der Waals surface area (Å²) in [5.74, 6) is -0.494. The predicted molar refractivity (Wildman–Crippen MR) is 114 cm³/mol. The summed E-state index contributed by atoms with van der Waals surface area (Å²) in [5.41, 5.74) is 4.34. The third-order valence-electron chi connectivity index (χ3n) is 5.88. The van der Waals surface area contributed by atoms with Crippen LogP contribution in [0.3, 0.4) is 0 Å². The standard InChI is InChI=1S/C24H25N3O3/c1-18-6-5-7-19(16-18)22-21(17-27(25-22)20-8-3-2-4-9-20)23(28)26-12-10-24(11-13-26)29-14-15-30-24/h2-9,16-17H,10-15H2,1H3. The van der Waals surface area contributed by atoms with Crippen LogP contribution in [-0.2, 0) is 9.47 Å². The van der Waals surface area contributed by atoms with Crippen molar-refractivity contribution >= 4 is 5.91 Å². The number of likely N-dealkylation sites (tertiary alicyclic amines) is 1. The molecule has 0 bridgehead atoms. The van der Waals surface area contributed by atoms with E-state index >= 15 is 0 Å². The molecule has 1 amide bonds. The molecule has 0 radical (unpaired) electrons. The summed E-state index contributed by atoms with van der Waals surface area (Å²) < 4.78 is 13.4. The number of benzene rings is 2. The van der Waals surface area contributed by atoms with Crippen molar-refractivity contribution < 1.29 is 14.3 Å². The number of para-hydroxylation sites is 1. The number of rotatable bonds is 3. The van der Waals surface area contributed by atoms with Crippen molar-refractivity contribution in [3.8, 4) is 16.9 Å². The Kier molecular flexibility index (Phi) is 4.89. The quantitative estimate of drug-likeness (QED) is 0.667. The molecule has 1 aromatic heterocycles. The van der Waals surface area contributed by atoms with E-state index in [0.29, 0.717) is 50.4 Å². The van der Waals surface area contributed by atoms with Crippen LogP contribution in [0.25, 0.3) is 16.9 Å². The first kappa shape index (κ1) is 19.0. The van der Waals surface area contributed by atoms with Crippen LogP contribution in [0.1, 0.15) is 28.8 Å². The first-order chi connectivity index (χ1) is 14.6.